The van der Waals surface area contributed by atoms with Crippen molar-refractivity contribution in [1.29, 1.82) is 0 Å². The fourth-order valence-corrected chi connectivity index (χ4v) is 3.17. The Hall–Kier alpha value is -1.85. The van der Waals surface area contributed by atoms with Gasteiger partial charge in [-0.15, -0.1) is 0 Å². The van der Waals surface area contributed by atoms with Gasteiger partial charge in [-0.2, -0.15) is 5.10 Å². The third-order valence-corrected chi connectivity index (χ3v) is 4.33. The topological polar surface area (TPSA) is 65.1 Å². The summed E-state index contributed by atoms with van der Waals surface area (Å²) in [4.78, 5) is 0. The fourth-order valence-electron chi connectivity index (χ4n) is 3.17. The molecule has 2 aromatic rings. The number of rotatable bonds is 6. The maximum Gasteiger partial charge on any atom is 0.161 e. The van der Waals surface area contributed by atoms with Crippen molar-refractivity contribution in [3.8, 4) is 5.75 Å². The average molecular weight is 286 g/mol. The molecule has 0 amide bonds. The normalized spacial score (nSPS) is 22.0. The smallest absolute Gasteiger partial charge is 0.161 e. The predicted octanol–water partition coefficient (Wildman–Crippen LogP) is 2.22. The second-order valence-corrected chi connectivity index (χ2v) is 5.48. The standard InChI is InChI=1S/C16H22N4O/c1-3-20-16(14(21-2)10-18-20)15(19-17)13-9-12(13)11-7-5-4-6-8-11/h4-8,10,12-13,15,19H,3,9,17H2,1-2H3. The Balaban J connectivity index is 1.86. The maximum absolute atomic E-state index is 5.85. The number of hydrazine groups is 1. The lowest BCUT2D eigenvalue weighted by Crippen LogP contribution is -2.32. The molecular weight excluding hydrogens is 264 g/mol. The molecule has 1 aromatic carbocycles. The summed E-state index contributed by atoms with van der Waals surface area (Å²) in [6.45, 7) is 2.88. The van der Waals surface area contributed by atoms with E-state index < -0.39 is 0 Å². The highest BCUT2D eigenvalue weighted by Crippen LogP contribution is 2.54. The van der Waals surface area contributed by atoms with Crippen LogP contribution in [-0.2, 0) is 6.54 Å². The largest absolute Gasteiger partial charge is 0.493 e. The van der Waals surface area contributed by atoms with Crippen LogP contribution in [0.4, 0.5) is 0 Å². The molecule has 0 radical (unpaired) electrons. The second-order valence-electron chi connectivity index (χ2n) is 5.48. The molecule has 5 heteroatoms. The summed E-state index contributed by atoms with van der Waals surface area (Å²) in [5, 5.41) is 4.38. The molecular formula is C16H22N4O. The Kier molecular flexibility index (Phi) is 3.94. The zero-order valence-corrected chi connectivity index (χ0v) is 12.5. The summed E-state index contributed by atoms with van der Waals surface area (Å²) in [7, 11) is 1.68. The van der Waals surface area contributed by atoms with Crippen molar-refractivity contribution in [2.75, 3.05) is 7.11 Å². The summed E-state index contributed by atoms with van der Waals surface area (Å²) >= 11 is 0. The van der Waals surface area contributed by atoms with E-state index in [9.17, 15) is 0 Å². The van der Waals surface area contributed by atoms with Crippen LogP contribution in [0.5, 0.6) is 5.75 Å². The Morgan fingerprint density at radius 1 is 1.43 bits per heavy atom. The Labute approximate surface area is 125 Å². The van der Waals surface area contributed by atoms with E-state index in [-0.39, 0.29) is 6.04 Å². The number of aryl methyl sites for hydroxylation is 1. The molecule has 0 aliphatic heterocycles. The molecule has 1 heterocycles. The van der Waals surface area contributed by atoms with E-state index in [0.717, 1.165) is 24.4 Å². The van der Waals surface area contributed by atoms with Crippen molar-refractivity contribution in [3.05, 3.63) is 47.8 Å². The van der Waals surface area contributed by atoms with Crippen LogP contribution in [0.25, 0.3) is 0 Å². The van der Waals surface area contributed by atoms with Gasteiger partial charge in [0.1, 0.15) is 0 Å². The van der Waals surface area contributed by atoms with Crippen LogP contribution in [-0.4, -0.2) is 16.9 Å². The average Bonchev–Trinajstić information content (AvgIpc) is 3.21. The van der Waals surface area contributed by atoms with Crippen molar-refractivity contribution in [1.82, 2.24) is 15.2 Å². The minimum atomic E-state index is 0.0626. The van der Waals surface area contributed by atoms with Gasteiger partial charge in [-0.25, -0.2) is 0 Å². The van der Waals surface area contributed by atoms with Gasteiger partial charge >= 0.3 is 0 Å². The van der Waals surface area contributed by atoms with E-state index in [4.69, 9.17) is 10.6 Å². The van der Waals surface area contributed by atoms with Crippen LogP contribution in [0.1, 0.15) is 36.6 Å². The number of benzene rings is 1. The van der Waals surface area contributed by atoms with Gasteiger partial charge in [0.05, 0.1) is 25.0 Å². The van der Waals surface area contributed by atoms with E-state index in [1.54, 1.807) is 13.3 Å². The third-order valence-electron chi connectivity index (χ3n) is 4.33. The van der Waals surface area contributed by atoms with E-state index in [0.29, 0.717) is 11.8 Å². The van der Waals surface area contributed by atoms with Gasteiger partial charge in [-0.3, -0.25) is 16.0 Å². The van der Waals surface area contributed by atoms with Crippen molar-refractivity contribution in [2.24, 2.45) is 11.8 Å². The highest BCUT2D eigenvalue weighted by atomic mass is 16.5. The van der Waals surface area contributed by atoms with Crippen LogP contribution < -0.4 is 16.0 Å². The zero-order chi connectivity index (χ0) is 14.8. The SMILES string of the molecule is CCn1ncc(OC)c1C(NN)C1CC1c1ccccc1. The number of aromatic nitrogens is 2. The molecule has 0 saturated heterocycles. The second kappa shape index (κ2) is 5.87. The minimum absolute atomic E-state index is 0.0626. The number of ether oxygens (including phenoxy) is 1. The van der Waals surface area contributed by atoms with Gasteiger partial charge < -0.3 is 4.74 Å². The van der Waals surface area contributed by atoms with Gasteiger partial charge in [0.2, 0.25) is 0 Å². The Morgan fingerprint density at radius 2 is 2.19 bits per heavy atom. The van der Waals surface area contributed by atoms with E-state index in [1.807, 2.05) is 4.68 Å². The van der Waals surface area contributed by atoms with E-state index in [1.165, 1.54) is 5.56 Å². The molecule has 0 bridgehead atoms. The molecule has 1 fully saturated rings. The lowest BCUT2D eigenvalue weighted by molar-refractivity contribution is 0.379. The number of nitrogens with two attached hydrogens (primary N) is 1. The van der Waals surface area contributed by atoms with Gasteiger partial charge in [-0.1, -0.05) is 30.3 Å². The molecule has 0 spiro atoms. The fraction of sp³-hybridized carbons (Fsp3) is 0.438. The number of nitrogens with one attached hydrogen (secondary N) is 1. The molecule has 112 valence electrons. The molecule has 3 unspecified atom stereocenters. The number of hydrogen-bond acceptors (Lipinski definition) is 4. The molecule has 1 aromatic heterocycles. The van der Waals surface area contributed by atoms with Crippen LogP contribution >= 0.6 is 0 Å². The third kappa shape index (κ3) is 2.54. The summed E-state index contributed by atoms with van der Waals surface area (Å²) < 4.78 is 7.41. The summed E-state index contributed by atoms with van der Waals surface area (Å²) in [6, 6.07) is 10.7. The first-order chi connectivity index (χ1) is 10.3. The van der Waals surface area contributed by atoms with Gasteiger partial charge in [0.15, 0.2) is 5.75 Å². The molecule has 3 rings (SSSR count). The van der Waals surface area contributed by atoms with E-state index >= 15 is 0 Å². The van der Waals surface area contributed by atoms with Gasteiger partial charge in [-0.05, 0) is 30.7 Å². The van der Waals surface area contributed by atoms with Crippen LogP contribution in [0, 0.1) is 5.92 Å². The molecule has 1 aliphatic carbocycles. The highest BCUT2D eigenvalue weighted by molar-refractivity contribution is 5.34. The van der Waals surface area contributed by atoms with E-state index in [2.05, 4.69) is 47.8 Å². The number of nitrogens with zero attached hydrogens (tertiary/aromatic N) is 2. The molecule has 3 N–H and O–H groups in total. The van der Waals surface area contributed by atoms with Crippen molar-refractivity contribution < 1.29 is 4.74 Å². The first-order valence-corrected chi connectivity index (χ1v) is 7.40. The number of methoxy groups -OCH3 is 1. The predicted molar refractivity (Wildman–Crippen MR) is 81.8 cm³/mol. The minimum Gasteiger partial charge on any atom is -0.493 e. The monoisotopic (exact) mass is 286 g/mol. The summed E-state index contributed by atoms with van der Waals surface area (Å²) in [6.07, 6.45) is 2.90. The van der Waals surface area contributed by atoms with Gasteiger partial charge in [0, 0.05) is 6.54 Å². The molecule has 1 aliphatic rings. The molecule has 3 atom stereocenters. The quantitative estimate of drug-likeness (QED) is 0.631. The van der Waals surface area contributed by atoms with Crippen molar-refractivity contribution >= 4 is 0 Å². The maximum atomic E-state index is 5.85. The lowest BCUT2D eigenvalue weighted by Gasteiger charge is -2.19. The molecule has 5 nitrogen and oxygen atoms in total. The first-order valence-electron chi connectivity index (χ1n) is 7.40. The van der Waals surface area contributed by atoms with Crippen LogP contribution in [0.15, 0.2) is 36.5 Å². The lowest BCUT2D eigenvalue weighted by atomic mass is 10.0. The Bertz CT molecular complexity index is 574. The Morgan fingerprint density at radius 3 is 2.81 bits per heavy atom. The molecule has 1 saturated carbocycles. The highest BCUT2D eigenvalue weighted by Gasteiger charge is 2.46. The summed E-state index contributed by atoms with van der Waals surface area (Å²) in [5.74, 6) is 7.68. The van der Waals surface area contributed by atoms with Crippen molar-refractivity contribution in [3.63, 3.8) is 0 Å². The van der Waals surface area contributed by atoms with Crippen molar-refractivity contribution in [2.45, 2.75) is 31.8 Å². The van der Waals surface area contributed by atoms with Crippen LogP contribution in [0.2, 0.25) is 0 Å². The summed E-state index contributed by atoms with van der Waals surface area (Å²) in [5.41, 5.74) is 5.40. The first kappa shape index (κ1) is 14.1. The molecule has 21 heavy (non-hydrogen) atoms. The number of hydrogen-bond donors (Lipinski definition) is 2. The zero-order valence-electron chi connectivity index (χ0n) is 12.5. The van der Waals surface area contributed by atoms with Gasteiger partial charge in [0.25, 0.3) is 0 Å². The van der Waals surface area contributed by atoms with Crippen LogP contribution in [0.3, 0.4) is 0 Å².